The Bertz CT molecular complexity index is 670. The Morgan fingerprint density at radius 2 is 1.71 bits per heavy atom. The number of carboxylic acid groups (broad SMARTS) is 1. The van der Waals surface area contributed by atoms with Gasteiger partial charge in [0, 0.05) is 35.4 Å². The Labute approximate surface area is 156 Å². The zero-order chi connectivity index (χ0) is 17.9. The molecule has 2 N–H and O–H groups in total. The van der Waals surface area contributed by atoms with Gasteiger partial charge in [-0.1, -0.05) is 13.8 Å². The van der Waals surface area contributed by atoms with E-state index in [9.17, 15) is 13.2 Å². The molecule has 0 saturated carbocycles. The molecule has 1 atom stereocenters. The van der Waals surface area contributed by atoms with Gasteiger partial charge in [-0.25, -0.2) is 0 Å². The molecule has 0 aromatic heterocycles. The number of carbonyl (C=O) groups is 1. The van der Waals surface area contributed by atoms with Crippen LogP contribution in [0, 0.1) is 9.49 Å². The van der Waals surface area contributed by atoms with Crippen LogP contribution in [-0.2, 0) is 15.0 Å². The number of anilines is 1. The molecule has 0 radical (unpaired) electrons. The van der Waals surface area contributed by atoms with E-state index in [0.29, 0.717) is 26.2 Å². The maximum atomic E-state index is 12.4. The van der Waals surface area contributed by atoms with Crippen molar-refractivity contribution < 1.29 is 18.3 Å². The number of hydrogen-bond donors (Lipinski definition) is 2. The Balaban J connectivity index is 2.00. The minimum Gasteiger partial charge on any atom is -0.480 e. The van der Waals surface area contributed by atoms with Crippen LogP contribution in [0.4, 0.5) is 5.69 Å². The zero-order valence-corrected chi connectivity index (χ0v) is 16.6. The largest absolute Gasteiger partial charge is 0.480 e. The van der Waals surface area contributed by atoms with Crippen molar-refractivity contribution in [2.24, 2.45) is 5.92 Å². The van der Waals surface area contributed by atoms with Crippen LogP contribution in [0.3, 0.4) is 0 Å². The van der Waals surface area contributed by atoms with Crippen LogP contribution in [0.2, 0.25) is 0 Å². The molecule has 134 valence electrons. The van der Waals surface area contributed by atoms with Gasteiger partial charge in [-0.05, 0) is 52.8 Å². The standard InChI is InChI=1S/C15H22IN3O4S/c1-11(2)14(15(20)21)17-24(22,23)19-9-7-18(8-10-19)13-5-3-12(16)4-6-13/h3-6,11,14,17H,7-10H2,1-2H3,(H,20,21). The molecule has 1 fully saturated rings. The third kappa shape index (κ3) is 4.80. The molecule has 0 amide bonds. The molecule has 0 spiro atoms. The summed E-state index contributed by atoms with van der Waals surface area (Å²) >= 11 is 2.24. The van der Waals surface area contributed by atoms with Crippen LogP contribution in [0.25, 0.3) is 0 Å². The second-order valence-corrected chi connectivity index (χ2v) is 8.99. The summed E-state index contributed by atoms with van der Waals surface area (Å²) in [7, 11) is -3.81. The topological polar surface area (TPSA) is 90.0 Å². The normalized spacial score (nSPS) is 17.9. The van der Waals surface area contributed by atoms with Gasteiger partial charge in [0.15, 0.2) is 0 Å². The van der Waals surface area contributed by atoms with Crippen LogP contribution in [0.5, 0.6) is 0 Å². The molecule has 1 unspecified atom stereocenters. The quantitative estimate of drug-likeness (QED) is 0.617. The molecule has 0 aliphatic carbocycles. The summed E-state index contributed by atoms with van der Waals surface area (Å²) in [6, 6.07) is 6.94. The third-order valence-corrected chi connectivity index (χ3v) is 6.29. The number of nitrogens with one attached hydrogen (secondary N) is 1. The second-order valence-electron chi connectivity index (χ2n) is 6.05. The third-order valence-electron chi connectivity index (χ3n) is 3.98. The van der Waals surface area contributed by atoms with E-state index in [1.807, 2.05) is 24.3 Å². The molecular weight excluding hydrogens is 445 g/mol. The Hall–Kier alpha value is -0.910. The summed E-state index contributed by atoms with van der Waals surface area (Å²) in [5.74, 6) is -1.49. The lowest BCUT2D eigenvalue weighted by molar-refractivity contribution is -0.140. The number of halogens is 1. The average Bonchev–Trinajstić information content (AvgIpc) is 2.53. The lowest BCUT2D eigenvalue weighted by Crippen LogP contribution is -2.55. The lowest BCUT2D eigenvalue weighted by Gasteiger charge is -2.36. The highest BCUT2D eigenvalue weighted by molar-refractivity contribution is 14.1. The second kappa shape index (κ2) is 7.98. The highest BCUT2D eigenvalue weighted by Gasteiger charge is 2.32. The summed E-state index contributed by atoms with van der Waals surface area (Å²) < 4.78 is 29.6. The van der Waals surface area contributed by atoms with Crippen molar-refractivity contribution in [1.82, 2.24) is 9.03 Å². The molecule has 0 bridgehead atoms. The van der Waals surface area contributed by atoms with E-state index in [2.05, 4.69) is 32.2 Å². The molecule has 1 aromatic rings. The smallest absolute Gasteiger partial charge is 0.322 e. The lowest BCUT2D eigenvalue weighted by atomic mass is 10.1. The van der Waals surface area contributed by atoms with Crippen molar-refractivity contribution >= 4 is 44.5 Å². The van der Waals surface area contributed by atoms with Crippen molar-refractivity contribution in [3.63, 3.8) is 0 Å². The van der Waals surface area contributed by atoms with Crippen LogP contribution in [0.1, 0.15) is 13.8 Å². The van der Waals surface area contributed by atoms with E-state index < -0.39 is 22.2 Å². The maximum Gasteiger partial charge on any atom is 0.322 e. The highest BCUT2D eigenvalue weighted by Crippen LogP contribution is 2.19. The first-order valence-corrected chi connectivity index (χ1v) is 10.2. The molecule has 7 nitrogen and oxygen atoms in total. The summed E-state index contributed by atoms with van der Waals surface area (Å²) in [4.78, 5) is 13.3. The van der Waals surface area contributed by atoms with Crippen LogP contribution >= 0.6 is 22.6 Å². The van der Waals surface area contributed by atoms with Crippen molar-refractivity contribution in [2.75, 3.05) is 31.1 Å². The molecule has 1 saturated heterocycles. The van der Waals surface area contributed by atoms with Gasteiger partial charge in [0.1, 0.15) is 6.04 Å². The van der Waals surface area contributed by atoms with Crippen LogP contribution in [0.15, 0.2) is 24.3 Å². The van der Waals surface area contributed by atoms with Gasteiger partial charge in [-0.2, -0.15) is 17.4 Å². The molecule has 1 aromatic carbocycles. The molecule has 2 rings (SSSR count). The van der Waals surface area contributed by atoms with E-state index in [0.717, 1.165) is 9.26 Å². The highest BCUT2D eigenvalue weighted by atomic mass is 127. The van der Waals surface area contributed by atoms with E-state index >= 15 is 0 Å². The van der Waals surface area contributed by atoms with E-state index in [4.69, 9.17) is 5.11 Å². The summed E-state index contributed by atoms with van der Waals surface area (Å²) in [5.41, 5.74) is 1.06. The van der Waals surface area contributed by atoms with E-state index in [-0.39, 0.29) is 5.92 Å². The minimum atomic E-state index is -3.81. The summed E-state index contributed by atoms with van der Waals surface area (Å²) in [5, 5.41) is 9.16. The van der Waals surface area contributed by atoms with Gasteiger partial charge in [-0.3, -0.25) is 4.79 Å². The number of rotatable bonds is 6. The van der Waals surface area contributed by atoms with Gasteiger partial charge in [0.25, 0.3) is 10.2 Å². The SMILES string of the molecule is CC(C)C(NS(=O)(=O)N1CCN(c2ccc(I)cc2)CC1)C(=O)O. The first kappa shape index (κ1) is 19.4. The van der Waals surface area contributed by atoms with Gasteiger partial charge in [-0.15, -0.1) is 0 Å². The van der Waals surface area contributed by atoms with Gasteiger partial charge >= 0.3 is 5.97 Å². The van der Waals surface area contributed by atoms with E-state index in [1.165, 1.54) is 4.31 Å². The number of hydrogen-bond acceptors (Lipinski definition) is 4. The molecule has 9 heteroatoms. The number of piperazine rings is 1. The number of nitrogens with zero attached hydrogens (tertiary/aromatic N) is 2. The molecular formula is C15H22IN3O4S. The van der Waals surface area contributed by atoms with E-state index in [1.54, 1.807) is 13.8 Å². The zero-order valence-electron chi connectivity index (χ0n) is 13.6. The van der Waals surface area contributed by atoms with Gasteiger partial charge in [0.05, 0.1) is 0 Å². The number of aliphatic carboxylic acids is 1. The maximum absolute atomic E-state index is 12.4. The Morgan fingerprint density at radius 3 is 2.17 bits per heavy atom. The van der Waals surface area contributed by atoms with Crippen molar-refractivity contribution in [2.45, 2.75) is 19.9 Å². The molecule has 1 aliphatic rings. The first-order chi connectivity index (χ1) is 11.2. The predicted octanol–water partition coefficient (Wildman–Crippen LogP) is 1.36. The Morgan fingerprint density at radius 1 is 1.17 bits per heavy atom. The predicted molar refractivity (Wildman–Crippen MR) is 101 cm³/mol. The minimum absolute atomic E-state index is 0.325. The molecule has 24 heavy (non-hydrogen) atoms. The molecule has 1 heterocycles. The number of carboxylic acids is 1. The van der Waals surface area contributed by atoms with Crippen molar-refractivity contribution in [3.05, 3.63) is 27.8 Å². The van der Waals surface area contributed by atoms with Crippen molar-refractivity contribution in [1.29, 1.82) is 0 Å². The van der Waals surface area contributed by atoms with Crippen LogP contribution < -0.4 is 9.62 Å². The fourth-order valence-corrected chi connectivity index (χ4v) is 4.39. The fraction of sp³-hybridized carbons (Fsp3) is 0.533. The summed E-state index contributed by atoms with van der Waals surface area (Å²) in [6.07, 6.45) is 0. The monoisotopic (exact) mass is 467 g/mol. The van der Waals surface area contributed by atoms with Gasteiger partial charge in [0.2, 0.25) is 0 Å². The number of benzene rings is 1. The Kier molecular flexibility index (Phi) is 6.46. The van der Waals surface area contributed by atoms with Gasteiger partial charge < -0.3 is 10.0 Å². The first-order valence-electron chi connectivity index (χ1n) is 7.71. The molecule has 1 aliphatic heterocycles. The average molecular weight is 467 g/mol. The fourth-order valence-electron chi connectivity index (χ4n) is 2.55. The van der Waals surface area contributed by atoms with Crippen LogP contribution in [-0.4, -0.2) is 56.0 Å². The summed E-state index contributed by atoms with van der Waals surface area (Å²) in [6.45, 7) is 5.14. The van der Waals surface area contributed by atoms with Crippen molar-refractivity contribution in [3.8, 4) is 0 Å².